The van der Waals surface area contributed by atoms with E-state index in [9.17, 15) is 39.9 Å². The summed E-state index contributed by atoms with van der Waals surface area (Å²) in [5.74, 6) is -9.02. The van der Waals surface area contributed by atoms with E-state index in [4.69, 9.17) is 5.73 Å². The first-order chi connectivity index (χ1) is 15.3. The molecule has 176 valence electrons. The van der Waals surface area contributed by atoms with Gasteiger partial charge in [-0.2, -0.15) is 0 Å². The Labute approximate surface area is 196 Å². The number of primary amides is 1. The van der Waals surface area contributed by atoms with Crippen LogP contribution in [0.3, 0.4) is 0 Å². The lowest BCUT2D eigenvalue weighted by molar-refractivity contribution is -0.169. The van der Waals surface area contributed by atoms with E-state index in [2.05, 4.69) is 15.9 Å². The van der Waals surface area contributed by atoms with Crippen molar-refractivity contribution in [3.8, 4) is 5.75 Å². The zero-order valence-corrected chi connectivity index (χ0v) is 19.5. The highest BCUT2D eigenvalue weighted by Crippen LogP contribution is 2.56. The Morgan fingerprint density at radius 2 is 1.79 bits per heavy atom. The number of aromatic hydroxyl groups is 1. The summed E-state index contributed by atoms with van der Waals surface area (Å²) in [7, 11) is 2.91. The van der Waals surface area contributed by atoms with E-state index in [1.54, 1.807) is 19.1 Å². The van der Waals surface area contributed by atoms with Crippen molar-refractivity contribution in [1.29, 1.82) is 0 Å². The standard InChI is InChI=1S/C22H23BrN2O8/c1-6-7-4-5-8(23)15(26)10(7)16(27)11-9(6)17(28)13-14(25(2)3)18(29)12(21(24)32)20(31)22(13,33)19(11)30/h4-6,9,13-14,17,26-28,31,33H,1-3H3,(H2,24,32). The molecule has 33 heavy (non-hydrogen) atoms. The lowest BCUT2D eigenvalue weighted by Gasteiger charge is -2.53. The molecule has 1 aromatic rings. The van der Waals surface area contributed by atoms with Crippen LogP contribution in [0.25, 0.3) is 5.76 Å². The van der Waals surface area contributed by atoms with Crippen molar-refractivity contribution in [2.45, 2.75) is 30.6 Å². The van der Waals surface area contributed by atoms with E-state index < -0.39 is 75.6 Å². The Morgan fingerprint density at radius 1 is 1.18 bits per heavy atom. The minimum Gasteiger partial charge on any atom is -0.508 e. The number of hydrogen-bond acceptors (Lipinski definition) is 9. The summed E-state index contributed by atoms with van der Waals surface area (Å²) >= 11 is 3.16. The van der Waals surface area contributed by atoms with Crippen molar-refractivity contribution in [3.63, 3.8) is 0 Å². The molecule has 7 N–H and O–H groups in total. The van der Waals surface area contributed by atoms with Crippen LogP contribution < -0.4 is 5.73 Å². The van der Waals surface area contributed by atoms with Gasteiger partial charge in [-0.1, -0.05) is 13.0 Å². The van der Waals surface area contributed by atoms with Gasteiger partial charge in [0.25, 0.3) is 5.91 Å². The minimum absolute atomic E-state index is 0.0552. The summed E-state index contributed by atoms with van der Waals surface area (Å²) < 4.78 is 0.245. The van der Waals surface area contributed by atoms with Crippen LogP contribution in [0.15, 0.2) is 33.5 Å². The number of aliphatic hydroxyl groups is 4. The van der Waals surface area contributed by atoms with Gasteiger partial charge in [0.2, 0.25) is 5.78 Å². The molecule has 0 aliphatic heterocycles. The van der Waals surface area contributed by atoms with Crippen molar-refractivity contribution in [3.05, 3.63) is 44.6 Å². The number of nitrogens with zero attached hydrogens (tertiary/aromatic N) is 1. The Morgan fingerprint density at radius 3 is 2.33 bits per heavy atom. The normalized spacial score (nSPS) is 33.7. The number of amides is 1. The molecule has 0 saturated heterocycles. The average Bonchev–Trinajstić information content (AvgIpc) is 2.72. The third-order valence-corrected chi connectivity index (χ3v) is 7.72. The fraction of sp³-hybridized carbons (Fsp3) is 0.409. The molecule has 0 aromatic heterocycles. The summed E-state index contributed by atoms with van der Waals surface area (Å²) in [5, 5.41) is 55.4. The highest BCUT2D eigenvalue weighted by molar-refractivity contribution is 9.10. The van der Waals surface area contributed by atoms with Crippen molar-refractivity contribution in [1.82, 2.24) is 4.90 Å². The van der Waals surface area contributed by atoms with Crippen LogP contribution in [0, 0.1) is 11.8 Å². The van der Waals surface area contributed by atoms with Gasteiger partial charge in [-0.25, -0.2) is 0 Å². The third kappa shape index (κ3) is 2.79. The molecule has 1 saturated carbocycles. The first-order valence-corrected chi connectivity index (χ1v) is 10.9. The van der Waals surface area contributed by atoms with E-state index in [1.165, 1.54) is 19.0 Å². The summed E-state index contributed by atoms with van der Waals surface area (Å²) in [5.41, 5.74) is 1.39. The SMILES string of the molecule is CC1c2ccc(Br)c(O)c2C(O)=C2C(=O)C3(O)C(O)=C(C(N)=O)C(=O)C(N(C)C)C3C(O)C21. The number of ketones is 2. The highest BCUT2D eigenvalue weighted by Gasteiger charge is 2.68. The van der Waals surface area contributed by atoms with Crippen molar-refractivity contribution < 1.29 is 39.9 Å². The van der Waals surface area contributed by atoms with E-state index in [0.29, 0.717) is 5.56 Å². The number of Topliss-reactive ketones (excluding diaryl/α,β-unsaturated/α-hetero) is 2. The zero-order valence-electron chi connectivity index (χ0n) is 17.9. The second-order valence-corrected chi connectivity index (χ2v) is 9.76. The first-order valence-electron chi connectivity index (χ1n) is 10.1. The molecule has 3 aliphatic carbocycles. The molecule has 1 aromatic carbocycles. The number of hydrogen-bond donors (Lipinski definition) is 6. The van der Waals surface area contributed by atoms with Gasteiger partial charge in [-0.3, -0.25) is 19.3 Å². The van der Waals surface area contributed by atoms with E-state index in [0.717, 1.165) is 0 Å². The largest absolute Gasteiger partial charge is 0.508 e. The quantitative estimate of drug-likeness (QED) is 0.296. The number of phenolic OH excluding ortho intramolecular Hbond substituents is 1. The third-order valence-electron chi connectivity index (χ3n) is 7.08. The van der Waals surface area contributed by atoms with Gasteiger partial charge in [0.05, 0.1) is 28.1 Å². The molecule has 3 aliphatic rings. The van der Waals surface area contributed by atoms with Crippen LogP contribution >= 0.6 is 15.9 Å². The summed E-state index contributed by atoms with van der Waals surface area (Å²) in [4.78, 5) is 40.1. The molecule has 0 heterocycles. The number of benzene rings is 1. The maximum absolute atomic E-state index is 13.7. The van der Waals surface area contributed by atoms with E-state index in [1.807, 2.05) is 0 Å². The Balaban J connectivity index is 2.07. The lowest BCUT2D eigenvalue weighted by Crippen LogP contribution is -2.70. The molecule has 0 bridgehead atoms. The fourth-order valence-electron chi connectivity index (χ4n) is 5.59. The van der Waals surface area contributed by atoms with Crippen LogP contribution in [0.2, 0.25) is 0 Å². The molecular formula is C22H23BrN2O8. The first kappa shape index (κ1) is 23.4. The highest BCUT2D eigenvalue weighted by atomic mass is 79.9. The number of halogens is 1. The van der Waals surface area contributed by atoms with Crippen LogP contribution in [-0.4, -0.2) is 79.7 Å². The monoisotopic (exact) mass is 522 g/mol. The smallest absolute Gasteiger partial charge is 0.255 e. The molecule has 0 spiro atoms. The van der Waals surface area contributed by atoms with Crippen molar-refractivity contribution in [2.24, 2.45) is 17.6 Å². The molecule has 1 amide bonds. The maximum Gasteiger partial charge on any atom is 0.255 e. The molecule has 6 atom stereocenters. The van der Waals surface area contributed by atoms with Gasteiger partial charge < -0.3 is 31.3 Å². The van der Waals surface area contributed by atoms with Gasteiger partial charge in [0.1, 0.15) is 22.8 Å². The fourth-order valence-corrected chi connectivity index (χ4v) is 5.92. The summed E-state index contributed by atoms with van der Waals surface area (Å²) in [6, 6.07) is 1.80. The van der Waals surface area contributed by atoms with E-state index in [-0.39, 0.29) is 15.8 Å². The molecular weight excluding hydrogens is 500 g/mol. The number of carbonyl (C=O) groups excluding carboxylic acids is 3. The van der Waals surface area contributed by atoms with E-state index >= 15 is 0 Å². The van der Waals surface area contributed by atoms with Gasteiger partial charge in [-0.05, 0) is 47.6 Å². The number of nitrogens with two attached hydrogens (primary N) is 1. The molecule has 6 unspecified atom stereocenters. The van der Waals surface area contributed by atoms with Crippen LogP contribution in [-0.2, 0) is 14.4 Å². The summed E-state index contributed by atoms with van der Waals surface area (Å²) in [6.07, 6.45) is -1.60. The Bertz CT molecular complexity index is 1190. The molecule has 11 heteroatoms. The number of phenols is 1. The molecule has 0 radical (unpaired) electrons. The number of fused-ring (bicyclic) bond motifs is 3. The topological polar surface area (TPSA) is 182 Å². The Kier molecular flexibility index (Phi) is 5.25. The van der Waals surface area contributed by atoms with Gasteiger partial charge in [-0.15, -0.1) is 0 Å². The number of carbonyl (C=O) groups is 3. The second-order valence-electron chi connectivity index (χ2n) is 8.91. The van der Waals surface area contributed by atoms with Crippen molar-refractivity contribution >= 4 is 39.2 Å². The Hall–Kier alpha value is -2.73. The second kappa shape index (κ2) is 7.39. The maximum atomic E-state index is 13.7. The molecule has 4 rings (SSSR count). The van der Waals surface area contributed by atoms with Crippen LogP contribution in [0.5, 0.6) is 5.75 Å². The zero-order chi connectivity index (χ0) is 24.7. The average molecular weight is 523 g/mol. The van der Waals surface area contributed by atoms with Gasteiger partial charge >= 0.3 is 0 Å². The van der Waals surface area contributed by atoms with Crippen LogP contribution in [0.1, 0.15) is 24.0 Å². The van der Waals surface area contributed by atoms with Crippen molar-refractivity contribution in [2.75, 3.05) is 14.1 Å². The molecule has 1 fully saturated rings. The predicted molar refractivity (Wildman–Crippen MR) is 118 cm³/mol. The lowest BCUT2D eigenvalue weighted by atomic mass is 9.54. The predicted octanol–water partition coefficient (Wildman–Crippen LogP) is 0.258. The van der Waals surface area contributed by atoms with Gasteiger partial charge in [0.15, 0.2) is 11.4 Å². The van der Waals surface area contributed by atoms with Gasteiger partial charge in [0, 0.05) is 11.5 Å². The number of aliphatic hydroxyl groups excluding tert-OH is 3. The summed E-state index contributed by atoms with van der Waals surface area (Å²) in [6.45, 7) is 1.67. The van der Waals surface area contributed by atoms with Crippen LogP contribution in [0.4, 0.5) is 0 Å². The molecule has 10 nitrogen and oxygen atoms in total. The minimum atomic E-state index is -2.91. The number of rotatable bonds is 2. The number of likely N-dealkylation sites (N-methyl/N-ethyl adjacent to an activating group) is 1.